The summed E-state index contributed by atoms with van der Waals surface area (Å²) >= 11 is 0. The number of ether oxygens (including phenoxy) is 5. The van der Waals surface area contributed by atoms with E-state index in [0.717, 1.165) is 96.3 Å². The van der Waals surface area contributed by atoms with Gasteiger partial charge in [-0.3, -0.25) is 14.4 Å². The standard InChI is InChI=1S/C61H94O12/c1-4-7-10-13-16-19-21-23-25-26-27-28-30-32-34-37-40-43-46-49-55(64)72-59-57(66)56(65)58(60(67)68)73-61(59)70-51-52(71-54(63)48-45-42-39-35-18-15-12-9-6-3)50-69-53(62)47-44-41-38-36-33-31-29-24-22-20-17-14-11-8-5-2/h7-8,10-11,16-17,19-20,23-25,27-29,32-34,36,40,43,52,56-59,61,65-66H,4-6,9,12-15,18,21-22,26,30-31,35,37-39,41-42,44-51H2,1-3H3,(H,67,68)/b10-7-,11-8-,19-16-,20-17-,25-23-,28-27-,29-24-,34-32-,36-33-,43-40-. The lowest BCUT2D eigenvalue weighted by molar-refractivity contribution is -0.301. The van der Waals surface area contributed by atoms with Gasteiger partial charge in [0.2, 0.25) is 0 Å². The highest BCUT2D eigenvalue weighted by molar-refractivity contribution is 5.74. The zero-order valence-corrected chi connectivity index (χ0v) is 44.8. The molecular weight excluding hydrogens is 925 g/mol. The van der Waals surface area contributed by atoms with Gasteiger partial charge in [0.05, 0.1) is 6.61 Å². The number of hydrogen-bond donors (Lipinski definition) is 3. The number of unbranched alkanes of at least 4 members (excludes halogenated alkanes) is 10. The van der Waals surface area contributed by atoms with Crippen LogP contribution in [0, 0.1) is 0 Å². The Bertz CT molecular complexity index is 1730. The fourth-order valence-corrected chi connectivity index (χ4v) is 7.38. The molecule has 0 aromatic rings. The first kappa shape index (κ1) is 66.1. The van der Waals surface area contributed by atoms with Crippen LogP contribution in [-0.4, -0.2) is 89.2 Å². The lowest BCUT2D eigenvalue weighted by Gasteiger charge is -2.40. The van der Waals surface area contributed by atoms with E-state index in [1.54, 1.807) is 0 Å². The van der Waals surface area contributed by atoms with Crippen LogP contribution < -0.4 is 0 Å². The molecule has 1 heterocycles. The maximum absolute atomic E-state index is 13.0. The van der Waals surface area contributed by atoms with E-state index in [1.165, 1.54) is 25.7 Å². The molecule has 0 amide bonds. The average Bonchev–Trinajstić information content (AvgIpc) is 3.37. The molecule has 1 aliphatic heterocycles. The second kappa shape index (κ2) is 48.1. The van der Waals surface area contributed by atoms with Crippen LogP contribution in [0.5, 0.6) is 0 Å². The Morgan fingerprint density at radius 3 is 1.37 bits per heavy atom. The molecule has 6 unspecified atom stereocenters. The first-order valence-corrected chi connectivity index (χ1v) is 27.5. The SMILES string of the molecule is CC/C=C\C/C=C\C/C=C\C/C=C\C/C=C\C/C=C\CCC(=O)OC1C(OCC(COC(=O)CCCC/C=C\C/C=C\C/C=C\C/C=C\CC)OC(=O)CCCCCCCCCCC)OC(C(=O)O)C(O)C1O. The van der Waals surface area contributed by atoms with E-state index < -0.39 is 67.3 Å². The van der Waals surface area contributed by atoms with E-state index in [2.05, 4.69) is 124 Å². The zero-order valence-electron chi connectivity index (χ0n) is 44.8. The van der Waals surface area contributed by atoms with Crippen LogP contribution in [0.3, 0.4) is 0 Å². The second-order valence-electron chi connectivity index (χ2n) is 18.1. The Morgan fingerprint density at radius 1 is 0.466 bits per heavy atom. The lowest BCUT2D eigenvalue weighted by atomic mass is 9.98. The minimum absolute atomic E-state index is 0.0744. The van der Waals surface area contributed by atoms with Gasteiger partial charge in [0.25, 0.3) is 0 Å². The molecule has 12 nitrogen and oxygen atoms in total. The highest BCUT2D eigenvalue weighted by Crippen LogP contribution is 2.26. The van der Waals surface area contributed by atoms with E-state index in [4.69, 9.17) is 23.7 Å². The predicted octanol–water partition coefficient (Wildman–Crippen LogP) is 13.7. The van der Waals surface area contributed by atoms with Gasteiger partial charge in [0.15, 0.2) is 24.6 Å². The van der Waals surface area contributed by atoms with E-state index >= 15 is 0 Å². The van der Waals surface area contributed by atoms with E-state index in [9.17, 15) is 34.5 Å². The van der Waals surface area contributed by atoms with Crippen molar-refractivity contribution in [2.75, 3.05) is 13.2 Å². The molecule has 410 valence electrons. The first-order chi connectivity index (χ1) is 35.6. The molecule has 0 spiro atoms. The minimum Gasteiger partial charge on any atom is -0.479 e. The summed E-state index contributed by atoms with van der Waals surface area (Å²) < 4.78 is 28.2. The number of aliphatic carboxylic acids is 1. The van der Waals surface area contributed by atoms with E-state index in [0.29, 0.717) is 25.7 Å². The molecule has 1 saturated heterocycles. The molecule has 0 aliphatic carbocycles. The molecule has 3 N–H and O–H groups in total. The quantitative estimate of drug-likeness (QED) is 0.0228. The van der Waals surface area contributed by atoms with Crippen molar-refractivity contribution in [2.24, 2.45) is 0 Å². The fourth-order valence-electron chi connectivity index (χ4n) is 7.38. The Balaban J connectivity index is 2.75. The van der Waals surface area contributed by atoms with Crippen LogP contribution in [0.1, 0.15) is 188 Å². The molecule has 6 atom stereocenters. The lowest BCUT2D eigenvalue weighted by Crippen LogP contribution is -2.61. The number of carbonyl (C=O) groups is 4. The van der Waals surface area contributed by atoms with Gasteiger partial charge in [-0.2, -0.15) is 0 Å². The normalized spacial score (nSPS) is 19.3. The van der Waals surface area contributed by atoms with Crippen molar-refractivity contribution >= 4 is 23.9 Å². The first-order valence-electron chi connectivity index (χ1n) is 27.5. The number of allylic oxidation sites excluding steroid dienone is 20. The smallest absolute Gasteiger partial charge is 0.335 e. The van der Waals surface area contributed by atoms with Gasteiger partial charge in [-0.05, 0) is 96.3 Å². The summed E-state index contributed by atoms with van der Waals surface area (Å²) in [5, 5.41) is 31.4. The van der Waals surface area contributed by atoms with Gasteiger partial charge in [0, 0.05) is 19.3 Å². The molecule has 0 radical (unpaired) electrons. The topological polar surface area (TPSA) is 175 Å². The number of hydrogen-bond acceptors (Lipinski definition) is 11. The highest BCUT2D eigenvalue weighted by Gasteiger charge is 2.50. The molecule has 12 heteroatoms. The molecule has 73 heavy (non-hydrogen) atoms. The molecule has 0 aromatic heterocycles. The number of aliphatic hydroxyl groups is 2. The van der Waals surface area contributed by atoms with Crippen LogP contribution >= 0.6 is 0 Å². The van der Waals surface area contributed by atoms with Crippen LogP contribution in [0.2, 0.25) is 0 Å². The third-order valence-corrected chi connectivity index (χ3v) is 11.5. The van der Waals surface area contributed by atoms with E-state index in [-0.39, 0.29) is 25.9 Å². The number of esters is 3. The van der Waals surface area contributed by atoms with Gasteiger partial charge < -0.3 is 39.0 Å². The van der Waals surface area contributed by atoms with Crippen molar-refractivity contribution in [3.05, 3.63) is 122 Å². The maximum atomic E-state index is 13.0. The van der Waals surface area contributed by atoms with E-state index in [1.807, 2.05) is 18.2 Å². The van der Waals surface area contributed by atoms with Crippen molar-refractivity contribution in [1.29, 1.82) is 0 Å². The molecule has 1 rings (SSSR count). The Kier molecular flexibility index (Phi) is 43.6. The molecule has 1 fully saturated rings. The Labute approximate surface area is 439 Å². The largest absolute Gasteiger partial charge is 0.479 e. The van der Waals surface area contributed by atoms with Gasteiger partial charge in [0.1, 0.15) is 18.8 Å². The summed E-state index contributed by atoms with van der Waals surface area (Å²) in [6.45, 7) is 5.64. The highest BCUT2D eigenvalue weighted by atomic mass is 16.7. The van der Waals surface area contributed by atoms with Crippen LogP contribution in [0.25, 0.3) is 0 Å². The molecular formula is C61H94O12. The number of carboxylic acid groups (broad SMARTS) is 1. The summed E-state index contributed by atoms with van der Waals surface area (Å²) in [5.74, 6) is -3.31. The van der Waals surface area contributed by atoms with Crippen molar-refractivity contribution in [3.63, 3.8) is 0 Å². The summed E-state index contributed by atoms with van der Waals surface area (Å²) in [6.07, 6.45) is 53.5. The molecule has 0 bridgehead atoms. The van der Waals surface area contributed by atoms with Gasteiger partial charge in [-0.1, -0.05) is 194 Å². The molecule has 0 aromatic carbocycles. The average molecular weight is 1020 g/mol. The Morgan fingerprint density at radius 2 is 0.890 bits per heavy atom. The maximum Gasteiger partial charge on any atom is 0.335 e. The third kappa shape index (κ3) is 38.4. The fraction of sp³-hybridized carbons (Fsp3) is 0.607. The van der Waals surface area contributed by atoms with Crippen molar-refractivity contribution < 1.29 is 58.2 Å². The summed E-state index contributed by atoms with van der Waals surface area (Å²) in [7, 11) is 0. The number of carbonyl (C=O) groups excluding carboxylic acids is 3. The summed E-state index contributed by atoms with van der Waals surface area (Å²) in [6, 6.07) is 0. The van der Waals surface area contributed by atoms with Crippen LogP contribution in [-0.2, 0) is 42.9 Å². The van der Waals surface area contributed by atoms with Crippen molar-refractivity contribution in [2.45, 2.75) is 225 Å². The Hall–Kier alpha value is -4.88. The van der Waals surface area contributed by atoms with Crippen molar-refractivity contribution in [1.82, 2.24) is 0 Å². The van der Waals surface area contributed by atoms with Gasteiger partial charge in [-0.25, -0.2) is 4.79 Å². The third-order valence-electron chi connectivity index (χ3n) is 11.5. The zero-order chi connectivity index (χ0) is 53.3. The summed E-state index contributed by atoms with van der Waals surface area (Å²) in [5.41, 5.74) is 0. The molecule has 1 aliphatic rings. The predicted molar refractivity (Wildman–Crippen MR) is 293 cm³/mol. The minimum atomic E-state index is -1.94. The number of rotatable bonds is 44. The monoisotopic (exact) mass is 1020 g/mol. The van der Waals surface area contributed by atoms with Crippen LogP contribution in [0.4, 0.5) is 0 Å². The van der Waals surface area contributed by atoms with Crippen LogP contribution in [0.15, 0.2) is 122 Å². The number of aliphatic hydroxyl groups excluding tert-OH is 2. The van der Waals surface area contributed by atoms with Gasteiger partial charge >= 0.3 is 23.9 Å². The molecule has 0 saturated carbocycles. The second-order valence-corrected chi connectivity index (χ2v) is 18.1. The van der Waals surface area contributed by atoms with Gasteiger partial charge in [-0.15, -0.1) is 0 Å². The number of carboxylic acids is 1. The van der Waals surface area contributed by atoms with Crippen molar-refractivity contribution in [3.8, 4) is 0 Å². The summed E-state index contributed by atoms with van der Waals surface area (Å²) in [4.78, 5) is 50.8.